The van der Waals surface area contributed by atoms with Gasteiger partial charge in [-0.25, -0.2) is 4.79 Å². The van der Waals surface area contributed by atoms with Crippen LogP contribution in [0.2, 0.25) is 0 Å². The lowest BCUT2D eigenvalue weighted by molar-refractivity contribution is -0.150. The standard InChI is InChI=1S/C13H25NO3/c1-4-17-12(13(15)16)7-8-14(9-10(2)3)11-5-6-11/h10-12H,4-9H2,1-3H3,(H,15,16). The average molecular weight is 243 g/mol. The summed E-state index contributed by atoms with van der Waals surface area (Å²) in [4.78, 5) is 13.4. The van der Waals surface area contributed by atoms with Crippen LogP contribution < -0.4 is 0 Å². The van der Waals surface area contributed by atoms with Gasteiger partial charge in [-0.2, -0.15) is 0 Å². The monoisotopic (exact) mass is 243 g/mol. The first kappa shape index (κ1) is 14.5. The number of rotatable bonds is 9. The quantitative estimate of drug-likeness (QED) is 0.673. The average Bonchev–Trinajstić information content (AvgIpc) is 3.04. The summed E-state index contributed by atoms with van der Waals surface area (Å²) in [7, 11) is 0. The van der Waals surface area contributed by atoms with Crippen LogP contribution in [0.4, 0.5) is 0 Å². The van der Waals surface area contributed by atoms with E-state index in [9.17, 15) is 4.79 Å². The molecular weight excluding hydrogens is 218 g/mol. The lowest BCUT2D eigenvalue weighted by Gasteiger charge is -2.25. The van der Waals surface area contributed by atoms with Gasteiger partial charge < -0.3 is 14.7 Å². The fourth-order valence-electron chi connectivity index (χ4n) is 2.09. The second kappa shape index (κ2) is 6.97. The van der Waals surface area contributed by atoms with Crippen molar-refractivity contribution in [3.05, 3.63) is 0 Å². The second-order valence-corrected chi connectivity index (χ2v) is 5.19. The van der Waals surface area contributed by atoms with Crippen LogP contribution in [0.15, 0.2) is 0 Å². The van der Waals surface area contributed by atoms with Crippen LogP contribution in [-0.2, 0) is 9.53 Å². The third-order valence-corrected chi connectivity index (χ3v) is 2.98. The van der Waals surface area contributed by atoms with E-state index in [1.165, 1.54) is 12.8 Å². The molecule has 17 heavy (non-hydrogen) atoms. The smallest absolute Gasteiger partial charge is 0.332 e. The minimum atomic E-state index is -0.841. The summed E-state index contributed by atoms with van der Waals surface area (Å²) in [5.41, 5.74) is 0. The highest BCUT2D eigenvalue weighted by molar-refractivity contribution is 5.72. The van der Waals surface area contributed by atoms with Crippen LogP contribution in [0.1, 0.15) is 40.0 Å². The molecule has 1 fully saturated rings. The molecule has 4 nitrogen and oxygen atoms in total. The molecule has 0 bridgehead atoms. The van der Waals surface area contributed by atoms with E-state index in [1.807, 2.05) is 6.92 Å². The molecule has 0 aliphatic heterocycles. The summed E-state index contributed by atoms with van der Waals surface area (Å²) in [5, 5.41) is 9.01. The molecule has 0 aromatic rings. The van der Waals surface area contributed by atoms with E-state index in [4.69, 9.17) is 9.84 Å². The van der Waals surface area contributed by atoms with Crippen molar-refractivity contribution in [1.29, 1.82) is 0 Å². The second-order valence-electron chi connectivity index (χ2n) is 5.19. The lowest BCUT2D eigenvalue weighted by Crippen LogP contribution is -2.35. The zero-order valence-electron chi connectivity index (χ0n) is 11.2. The maximum Gasteiger partial charge on any atom is 0.332 e. The minimum absolute atomic E-state index is 0.463. The molecule has 1 rings (SSSR count). The van der Waals surface area contributed by atoms with Crippen molar-refractivity contribution in [2.24, 2.45) is 5.92 Å². The van der Waals surface area contributed by atoms with Crippen molar-refractivity contribution in [2.75, 3.05) is 19.7 Å². The molecule has 1 saturated carbocycles. The van der Waals surface area contributed by atoms with E-state index in [2.05, 4.69) is 18.7 Å². The number of hydrogen-bond acceptors (Lipinski definition) is 3. The van der Waals surface area contributed by atoms with Crippen LogP contribution in [-0.4, -0.2) is 47.8 Å². The Balaban J connectivity index is 2.35. The van der Waals surface area contributed by atoms with Crippen molar-refractivity contribution in [3.8, 4) is 0 Å². The van der Waals surface area contributed by atoms with Gasteiger partial charge in [-0.1, -0.05) is 13.8 Å². The zero-order chi connectivity index (χ0) is 12.8. The van der Waals surface area contributed by atoms with E-state index in [1.54, 1.807) is 0 Å². The van der Waals surface area contributed by atoms with Crippen LogP contribution >= 0.6 is 0 Å². The minimum Gasteiger partial charge on any atom is -0.479 e. The molecule has 1 aliphatic rings. The first-order chi connectivity index (χ1) is 8.04. The van der Waals surface area contributed by atoms with Gasteiger partial charge in [0.15, 0.2) is 6.10 Å². The Hall–Kier alpha value is -0.610. The van der Waals surface area contributed by atoms with Crippen LogP contribution in [0.5, 0.6) is 0 Å². The topological polar surface area (TPSA) is 49.8 Å². The summed E-state index contributed by atoms with van der Waals surface area (Å²) in [6, 6.07) is 0.688. The molecule has 1 unspecified atom stereocenters. The first-order valence-corrected chi connectivity index (χ1v) is 6.63. The van der Waals surface area contributed by atoms with Gasteiger partial charge >= 0.3 is 5.97 Å². The van der Waals surface area contributed by atoms with E-state index in [0.717, 1.165) is 13.1 Å². The van der Waals surface area contributed by atoms with Gasteiger partial charge in [0.1, 0.15) is 0 Å². The van der Waals surface area contributed by atoms with Crippen LogP contribution in [0.3, 0.4) is 0 Å². The lowest BCUT2D eigenvalue weighted by atomic mass is 10.1. The molecule has 0 aromatic carbocycles. The van der Waals surface area contributed by atoms with Gasteiger partial charge in [-0.05, 0) is 32.1 Å². The summed E-state index contributed by atoms with van der Waals surface area (Å²) >= 11 is 0. The van der Waals surface area contributed by atoms with Gasteiger partial charge in [-0.3, -0.25) is 0 Å². The van der Waals surface area contributed by atoms with E-state index in [0.29, 0.717) is 25.0 Å². The van der Waals surface area contributed by atoms with Gasteiger partial charge in [-0.15, -0.1) is 0 Å². The molecule has 0 aromatic heterocycles. The molecule has 0 amide bonds. The number of nitrogens with zero attached hydrogens (tertiary/aromatic N) is 1. The summed E-state index contributed by atoms with van der Waals surface area (Å²) < 4.78 is 5.23. The number of carbonyl (C=O) groups is 1. The Morgan fingerprint density at radius 1 is 1.47 bits per heavy atom. The van der Waals surface area contributed by atoms with Crippen LogP contribution in [0, 0.1) is 5.92 Å². The maximum absolute atomic E-state index is 11.0. The Morgan fingerprint density at radius 3 is 2.53 bits per heavy atom. The van der Waals surface area contributed by atoms with Crippen molar-refractivity contribution >= 4 is 5.97 Å². The third kappa shape index (κ3) is 5.50. The Kier molecular flexibility index (Phi) is 5.92. The van der Waals surface area contributed by atoms with E-state index in [-0.39, 0.29) is 0 Å². The molecule has 1 aliphatic carbocycles. The number of ether oxygens (including phenoxy) is 1. The molecule has 1 N–H and O–H groups in total. The molecule has 100 valence electrons. The van der Waals surface area contributed by atoms with Gasteiger partial charge in [0.2, 0.25) is 0 Å². The van der Waals surface area contributed by atoms with Crippen LogP contribution in [0.25, 0.3) is 0 Å². The molecule has 0 spiro atoms. The molecule has 0 radical (unpaired) electrons. The van der Waals surface area contributed by atoms with Crippen molar-refractivity contribution in [2.45, 2.75) is 52.2 Å². The van der Waals surface area contributed by atoms with Crippen molar-refractivity contribution in [1.82, 2.24) is 4.90 Å². The first-order valence-electron chi connectivity index (χ1n) is 6.63. The Bertz CT molecular complexity index is 239. The van der Waals surface area contributed by atoms with Gasteiger partial charge in [0.25, 0.3) is 0 Å². The molecule has 0 saturated heterocycles. The highest BCUT2D eigenvalue weighted by Gasteiger charge is 2.30. The normalized spacial score (nSPS) is 17.7. The summed E-state index contributed by atoms with van der Waals surface area (Å²) in [5.74, 6) is -0.210. The summed E-state index contributed by atoms with van der Waals surface area (Å²) in [6.45, 7) is 8.59. The predicted molar refractivity (Wildman–Crippen MR) is 67.1 cm³/mol. The fourth-order valence-corrected chi connectivity index (χ4v) is 2.09. The largest absolute Gasteiger partial charge is 0.479 e. The summed E-state index contributed by atoms with van der Waals surface area (Å²) in [6.07, 6.45) is 2.47. The molecule has 1 atom stereocenters. The molecule has 4 heteroatoms. The highest BCUT2D eigenvalue weighted by Crippen LogP contribution is 2.27. The van der Waals surface area contributed by atoms with Gasteiger partial charge in [0, 0.05) is 25.7 Å². The van der Waals surface area contributed by atoms with Crippen molar-refractivity contribution < 1.29 is 14.6 Å². The van der Waals surface area contributed by atoms with Gasteiger partial charge in [0.05, 0.1) is 0 Å². The Morgan fingerprint density at radius 2 is 2.12 bits per heavy atom. The molecule has 0 heterocycles. The maximum atomic E-state index is 11.0. The van der Waals surface area contributed by atoms with E-state index < -0.39 is 12.1 Å². The zero-order valence-corrected chi connectivity index (χ0v) is 11.2. The number of carboxylic acid groups (broad SMARTS) is 1. The SMILES string of the molecule is CCOC(CCN(CC(C)C)C1CC1)C(=O)O. The Labute approximate surface area is 104 Å². The van der Waals surface area contributed by atoms with E-state index >= 15 is 0 Å². The molecular formula is C13H25NO3. The fraction of sp³-hybridized carbons (Fsp3) is 0.923. The number of aliphatic carboxylic acids is 1. The predicted octanol–water partition coefficient (Wildman–Crippen LogP) is 1.99. The third-order valence-electron chi connectivity index (χ3n) is 2.98. The highest BCUT2D eigenvalue weighted by atomic mass is 16.5. The number of carboxylic acids is 1. The van der Waals surface area contributed by atoms with Crippen molar-refractivity contribution in [3.63, 3.8) is 0 Å². The number of hydrogen-bond donors (Lipinski definition) is 1.